The zero-order valence-electron chi connectivity index (χ0n) is 14.7. The van der Waals surface area contributed by atoms with Crippen LogP contribution in [0.15, 0.2) is 24.3 Å². The molecule has 1 aromatic rings. The average molecular weight is 346 g/mol. The summed E-state index contributed by atoms with van der Waals surface area (Å²) in [4.78, 5) is 35.3. The molecule has 0 saturated heterocycles. The van der Waals surface area contributed by atoms with Gasteiger partial charge in [0.05, 0.1) is 5.92 Å². The van der Waals surface area contributed by atoms with Gasteiger partial charge >= 0.3 is 5.97 Å². The van der Waals surface area contributed by atoms with Crippen molar-refractivity contribution in [3.8, 4) is 0 Å². The second kappa shape index (κ2) is 8.65. The monoisotopic (exact) mass is 346 g/mol. The molecule has 1 aromatic carbocycles. The molecule has 136 valence electrons. The molecule has 0 aromatic heterocycles. The summed E-state index contributed by atoms with van der Waals surface area (Å²) >= 11 is 0. The van der Waals surface area contributed by atoms with Gasteiger partial charge in [-0.2, -0.15) is 0 Å². The largest absolute Gasteiger partial charge is 0.481 e. The number of rotatable bonds is 7. The minimum atomic E-state index is -0.910. The van der Waals surface area contributed by atoms with Gasteiger partial charge in [0, 0.05) is 24.1 Å². The first-order valence-electron chi connectivity index (χ1n) is 8.80. The highest BCUT2D eigenvalue weighted by atomic mass is 16.4. The Balaban J connectivity index is 1.86. The highest BCUT2D eigenvalue weighted by Crippen LogP contribution is 2.25. The van der Waals surface area contributed by atoms with Gasteiger partial charge in [-0.3, -0.25) is 14.4 Å². The predicted octanol–water partition coefficient (Wildman–Crippen LogP) is 2.90. The molecule has 25 heavy (non-hydrogen) atoms. The van der Waals surface area contributed by atoms with Crippen LogP contribution >= 0.6 is 0 Å². The van der Waals surface area contributed by atoms with Crippen molar-refractivity contribution in [2.24, 2.45) is 5.92 Å². The van der Waals surface area contributed by atoms with Crippen LogP contribution in [-0.4, -0.2) is 28.9 Å². The topological polar surface area (TPSA) is 95.5 Å². The summed E-state index contributed by atoms with van der Waals surface area (Å²) in [5.74, 6) is -1.64. The molecule has 6 heteroatoms. The third-order valence-electron chi connectivity index (χ3n) is 4.65. The summed E-state index contributed by atoms with van der Waals surface area (Å²) < 4.78 is 0. The summed E-state index contributed by atoms with van der Waals surface area (Å²) in [5, 5.41) is 14.7. The van der Waals surface area contributed by atoms with E-state index in [1.165, 1.54) is 0 Å². The lowest BCUT2D eigenvalue weighted by atomic mass is 10.0. The van der Waals surface area contributed by atoms with E-state index in [0.29, 0.717) is 11.3 Å². The van der Waals surface area contributed by atoms with E-state index in [-0.39, 0.29) is 30.2 Å². The summed E-state index contributed by atoms with van der Waals surface area (Å²) in [6, 6.07) is 6.58. The van der Waals surface area contributed by atoms with Crippen LogP contribution in [0, 0.1) is 5.92 Å². The molecule has 6 nitrogen and oxygen atoms in total. The number of amides is 2. The van der Waals surface area contributed by atoms with Crippen LogP contribution in [0.2, 0.25) is 0 Å². The highest BCUT2D eigenvalue weighted by molar-refractivity contribution is 5.92. The van der Waals surface area contributed by atoms with Crippen LogP contribution in [0.1, 0.15) is 57.4 Å². The SMILES string of the molecule is CC(CC(=O)Nc1cccc(C(C)C(=O)O)c1)NC(=O)C1CCCC1. The number of carbonyl (C=O) groups is 3. The van der Waals surface area contributed by atoms with Gasteiger partial charge in [-0.05, 0) is 44.4 Å². The van der Waals surface area contributed by atoms with Crippen molar-refractivity contribution in [2.75, 3.05) is 5.32 Å². The van der Waals surface area contributed by atoms with E-state index in [9.17, 15) is 14.4 Å². The van der Waals surface area contributed by atoms with Crippen molar-refractivity contribution in [3.63, 3.8) is 0 Å². The van der Waals surface area contributed by atoms with Gasteiger partial charge in [0.1, 0.15) is 0 Å². The molecule has 2 amide bonds. The van der Waals surface area contributed by atoms with Gasteiger partial charge in [-0.1, -0.05) is 25.0 Å². The van der Waals surface area contributed by atoms with Crippen molar-refractivity contribution in [2.45, 2.75) is 57.9 Å². The molecule has 2 atom stereocenters. The molecule has 0 bridgehead atoms. The van der Waals surface area contributed by atoms with Crippen LogP contribution < -0.4 is 10.6 Å². The summed E-state index contributed by atoms with van der Waals surface area (Å²) in [7, 11) is 0. The first-order valence-corrected chi connectivity index (χ1v) is 8.80. The van der Waals surface area contributed by atoms with E-state index in [0.717, 1.165) is 25.7 Å². The van der Waals surface area contributed by atoms with E-state index in [4.69, 9.17) is 5.11 Å². The van der Waals surface area contributed by atoms with Gasteiger partial charge in [0.15, 0.2) is 0 Å². The van der Waals surface area contributed by atoms with Gasteiger partial charge < -0.3 is 15.7 Å². The van der Waals surface area contributed by atoms with Crippen LogP contribution in [0.5, 0.6) is 0 Å². The zero-order valence-corrected chi connectivity index (χ0v) is 14.7. The molecule has 1 saturated carbocycles. The second-order valence-electron chi connectivity index (χ2n) is 6.83. The van der Waals surface area contributed by atoms with Crippen molar-refractivity contribution in [1.82, 2.24) is 5.32 Å². The number of aliphatic carboxylic acids is 1. The number of benzene rings is 1. The maximum absolute atomic E-state index is 12.2. The Hall–Kier alpha value is -2.37. The number of anilines is 1. The number of carbonyl (C=O) groups excluding carboxylic acids is 2. The number of nitrogens with one attached hydrogen (secondary N) is 2. The molecule has 2 rings (SSSR count). The molecule has 1 aliphatic carbocycles. The number of carboxylic acid groups (broad SMARTS) is 1. The van der Waals surface area contributed by atoms with Crippen molar-refractivity contribution in [1.29, 1.82) is 0 Å². The predicted molar refractivity (Wildman–Crippen MR) is 95.3 cm³/mol. The third-order valence-corrected chi connectivity index (χ3v) is 4.65. The smallest absolute Gasteiger partial charge is 0.310 e. The highest BCUT2D eigenvalue weighted by Gasteiger charge is 2.24. The minimum Gasteiger partial charge on any atom is -0.481 e. The number of hydrogen-bond acceptors (Lipinski definition) is 3. The van der Waals surface area contributed by atoms with Crippen LogP contribution in [0.25, 0.3) is 0 Å². The first-order chi connectivity index (χ1) is 11.9. The van der Waals surface area contributed by atoms with Gasteiger partial charge in [-0.15, -0.1) is 0 Å². The summed E-state index contributed by atoms with van der Waals surface area (Å²) in [6.07, 6.45) is 4.23. The van der Waals surface area contributed by atoms with E-state index in [2.05, 4.69) is 10.6 Å². The molecule has 0 aliphatic heterocycles. The van der Waals surface area contributed by atoms with Crippen molar-refractivity contribution >= 4 is 23.5 Å². The molecule has 0 radical (unpaired) electrons. The zero-order chi connectivity index (χ0) is 18.4. The van der Waals surface area contributed by atoms with Crippen LogP contribution in [-0.2, 0) is 14.4 Å². The van der Waals surface area contributed by atoms with Crippen molar-refractivity contribution < 1.29 is 19.5 Å². The molecule has 0 heterocycles. The maximum atomic E-state index is 12.2. The lowest BCUT2D eigenvalue weighted by Crippen LogP contribution is -2.38. The van der Waals surface area contributed by atoms with E-state index in [1.807, 2.05) is 6.92 Å². The van der Waals surface area contributed by atoms with E-state index >= 15 is 0 Å². The molecule has 0 spiro atoms. The molecular weight excluding hydrogens is 320 g/mol. The van der Waals surface area contributed by atoms with E-state index in [1.54, 1.807) is 31.2 Å². The molecule has 3 N–H and O–H groups in total. The van der Waals surface area contributed by atoms with Gasteiger partial charge in [0.2, 0.25) is 11.8 Å². The second-order valence-corrected chi connectivity index (χ2v) is 6.83. The van der Waals surface area contributed by atoms with Gasteiger partial charge in [0.25, 0.3) is 0 Å². The fourth-order valence-electron chi connectivity index (χ4n) is 3.12. The Morgan fingerprint density at radius 2 is 1.88 bits per heavy atom. The van der Waals surface area contributed by atoms with Crippen molar-refractivity contribution in [3.05, 3.63) is 29.8 Å². The normalized spacial score (nSPS) is 16.9. The Labute approximate surface area is 148 Å². The standard InChI is InChI=1S/C19H26N2O4/c1-12(20-18(23)14-6-3-4-7-14)10-17(22)21-16-9-5-8-15(11-16)13(2)19(24)25/h5,8-9,11-14H,3-4,6-7,10H2,1-2H3,(H,20,23)(H,21,22)(H,24,25). The van der Waals surface area contributed by atoms with Crippen LogP contribution in [0.3, 0.4) is 0 Å². The third kappa shape index (κ3) is 5.59. The molecular formula is C19H26N2O4. The Bertz CT molecular complexity index is 638. The summed E-state index contributed by atoms with van der Waals surface area (Å²) in [6.45, 7) is 3.42. The Kier molecular flexibility index (Phi) is 6.56. The summed E-state index contributed by atoms with van der Waals surface area (Å²) in [5.41, 5.74) is 1.19. The van der Waals surface area contributed by atoms with E-state index < -0.39 is 11.9 Å². The molecule has 1 aliphatic rings. The maximum Gasteiger partial charge on any atom is 0.310 e. The quantitative estimate of drug-likeness (QED) is 0.707. The fourth-order valence-corrected chi connectivity index (χ4v) is 3.12. The van der Waals surface area contributed by atoms with Crippen LogP contribution in [0.4, 0.5) is 5.69 Å². The number of carboxylic acids is 1. The lowest BCUT2D eigenvalue weighted by Gasteiger charge is -2.17. The first kappa shape index (κ1) is 19.0. The van der Waals surface area contributed by atoms with Gasteiger partial charge in [-0.25, -0.2) is 0 Å². The molecule has 1 fully saturated rings. The average Bonchev–Trinajstić information content (AvgIpc) is 3.08. The Morgan fingerprint density at radius 1 is 1.20 bits per heavy atom. The fraction of sp³-hybridized carbons (Fsp3) is 0.526. The molecule has 2 unspecified atom stereocenters. The Morgan fingerprint density at radius 3 is 2.52 bits per heavy atom. The lowest BCUT2D eigenvalue weighted by molar-refractivity contribution is -0.138. The number of hydrogen-bond donors (Lipinski definition) is 3. The minimum absolute atomic E-state index is 0.0371.